The zero-order valence-electron chi connectivity index (χ0n) is 8.36. The van der Waals surface area contributed by atoms with Gasteiger partial charge in [-0.2, -0.15) is 5.10 Å². The number of nitrogens with one attached hydrogen (secondary N) is 3. The zero-order chi connectivity index (χ0) is 11.5. The van der Waals surface area contributed by atoms with E-state index in [2.05, 4.69) is 30.5 Å². The van der Waals surface area contributed by atoms with Gasteiger partial charge in [-0.05, 0) is 29.5 Å². The van der Waals surface area contributed by atoms with E-state index in [1.807, 2.05) is 29.5 Å². The highest BCUT2D eigenvalue weighted by atomic mass is 127. The second kappa shape index (κ2) is 4.60. The second-order valence-corrected chi connectivity index (χ2v) is 4.21. The van der Waals surface area contributed by atoms with Gasteiger partial charge in [-0.15, -0.1) is 0 Å². The molecule has 2 heterocycles. The first-order valence-corrected chi connectivity index (χ1v) is 5.61. The summed E-state index contributed by atoms with van der Waals surface area (Å²) in [5, 5.41) is 9.59. The Bertz CT molecular complexity index is 522. The molecule has 0 saturated carbocycles. The van der Waals surface area contributed by atoms with E-state index in [1.54, 1.807) is 0 Å². The van der Waals surface area contributed by atoms with Crippen molar-refractivity contribution in [1.29, 1.82) is 0 Å². The smallest absolute Gasteiger partial charge is 0.266 e. The van der Waals surface area contributed by atoms with E-state index in [1.165, 1.54) is 12.7 Å². The van der Waals surface area contributed by atoms with Crippen LogP contribution in [-0.4, -0.2) is 25.1 Å². The molecule has 0 amide bonds. The van der Waals surface area contributed by atoms with Crippen molar-refractivity contribution < 1.29 is 0 Å². The molecule has 2 aromatic rings. The third-order valence-corrected chi connectivity index (χ3v) is 2.99. The molecular formula is C8H9IN6O. The normalized spacial score (nSPS) is 12.4. The summed E-state index contributed by atoms with van der Waals surface area (Å²) in [6.45, 7) is 1.90. The van der Waals surface area contributed by atoms with Gasteiger partial charge in [0.05, 0.1) is 12.4 Å². The Hall–Kier alpha value is -1.45. The summed E-state index contributed by atoms with van der Waals surface area (Å²) in [4.78, 5) is 21.9. The highest BCUT2D eigenvalue weighted by Crippen LogP contribution is 2.16. The molecule has 7 nitrogen and oxygen atoms in total. The SMILES string of the molecule is CC(Nc1nc[nH]c(=O)c1I)c1ncn[nH]1. The average molecular weight is 332 g/mol. The number of hydrogen-bond acceptors (Lipinski definition) is 5. The largest absolute Gasteiger partial charge is 0.359 e. The van der Waals surface area contributed by atoms with Gasteiger partial charge in [0.15, 0.2) is 0 Å². The quantitative estimate of drug-likeness (QED) is 0.718. The van der Waals surface area contributed by atoms with E-state index in [-0.39, 0.29) is 11.6 Å². The Kier molecular flexibility index (Phi) is 3.17. The number of aromatic amines is 2. The summed E-state index contributed by atoms with van der Waals surface area (Å²) in [5.41, 5.74) is -0.164. The lowest BCUT2D eigenvalue weighted by Gasteiger charge is -2.11. The van der Waals surface area contributed by atoms with Crippen LogP contribution in [0.1, 0.15) is 18.8 Å². The van der Waals surface area contributed by atoms with Gasteiger partial charge in [-0.25, -0.2) is 9.97 Å². The Morgan fingerprint density at radius 3 is 3.00 bits per heavy atom. The van der Waals surface area contributed by atoms with Crippen LogP contribution in [-0.2, 0) is 0 Å². The molecule has 0 aromatic carbocycles. The predicted octanol–water partition coefficient (Wildman–Crippen LogP) is 0.666. The molecule has 2 rings (SSSR count). The lowest BCUT2D eigenvalue weighted by Crippen LogP contribution is -2.17. The maximum absolute atomic E-state index is 11.3. The molecular weight excluding hydrogens is 323 g/mol. The first kappa shape index (κ1) is 11.0. The Morgan fingerprint density at radius 2 is 2.31 bits per heavy atom. The lowest BCUT2D eigenvalue weighted by atomic mass is 10.3. The van der Waals surface area contributed by atoms with Crippen molar-refractivity contribution in [3.63, 3.8) is 0 Å². The highest BCUT2D eigenvalue weighted by molar-refractivity contribution is 14.1. The molecule has 0 spiro atoms. The van der Waals surface area contributed by atoms with Crippen LogP contribution in [0.25, 0.3) is 0 Å². The van der Waals surface area contributed by atoms with E-state index >= 15 is 0 Å². The maximum Gasteiger partial charge on any atom is 0.266 e. The van der Waals surface area contributed by atoms with E-state index in [0.717, 1.165) is 0 Å². The van der Waals surface area contributed by atoms with Crippen LogP contribution in [0.3, 0.4) is 0 Å². The maximum atomic E-state index is 11.3. The average Bonchev–Trinajstić information content (AvgIpc) is 2.78. The fourth-order valence-corrected chi connectivity index (χ4v) is 1.63. The van der Waals surface area contributed by atoms with Crippen LogP contribution >= 0.6 is 22.6 Å². The number of H-pyrrole nitrogens is 2. The van der Waals surface area contributed by atoms with E-state index in [9.17, 15) is 4.79 Å². The zero-order valence-corrected chi connectivity index (χ0v) is 10.5. The third kappa shape index (κ3) is 2.21. The molecule has 2 aromatic heterocycles. The number of anilines is 1. The van der Waals surface area contributed by atoms with Gasteiger partial charge < -0.3 is 10.3 Å². The second-order valence-electron chi connectivity index (χ2n) is 3.13. The molecule has 1 unspecified atom stereocenters. The minimum Gasteiger partial charge on any atom is -0.359 e. The summed E-state index contributed by atoms with van der Waals surface area (Å²) in [7, 11) is 0. The number of halogens is 1. The van der Waals surface area contributed by atoms with Crippen LogP contribution < -0.4 is 10.9 Å². The lowest BCUT2D eigenvalue weighted by molar-refractivity contribution is 0.787. The fourth-order valence-electron chi connectivity index (χ4n) is 1.18. The molecule has 0 radical (unpaired) electrons. The molecule has 1 atom stereocenters. The molecule has 8 heteroatoms. The van der Waals surface area contributed by atoms with Gasteiger partial charge >= 0.3 is 0 Å². The molecule has 84 valence electrons. The number of nitrogens with zero attached hydrogens (tertiary/aromatic N) is 3. The number of aromatic nitrogens is 5. The minimum absolute atomic E-state index is 0.0923. The van der Waals surface area contributed by atoms with Gasteiger partial charge in [0.2, 0.25) is 0 Å². The first-order chi connectivity index (χ1) is 7.68. The molecule has 16 heavy (non-hydrogen) atoms. The molecule has 0 saturated heterocycles. The van der Waals surface area contributed by atoms with E-state index < -0.39 is 0 Å². The van der Waals surface area contributed by atoms with Crippen molar-refractivity contribution >= 4 is 28.4 Å². The Balaban J connectivity index is 2.21. The van der Waals surface area contributed by atoms with Crippen molar-refractivity contribution in [2.45, 2.75) is 13.0 Å². The standard InChI is InChI=1S/C8H9IN6O/c1-4(6-11-3-13-15-6)14-7-5(9)8(16)12-2-10-7/h2-4H,1H3,(H,11,13,15)(H2,10,12,14,16). The number of rotatable bonds is 3. The molecule has 0 aliphatic rings. The van der Waals surface area contributed by atoms with Gasteiger partial charge in [0.25, 0.3) is 5.56 Å². The predicted molar refractivity (Wildman–Crippen MR) is 66.0 cm³/mol. The summed E-state index contributed by atoms with van der Waals surface area (Å²) >= 11 is 1.94. The van der Waals surface area contributed by atoms with Crippen LogP contribution in [0.2, 0.25) is 0 Å². The van der Waals surface area contributed by atoms with Crippen LogP contribution in [0.15, 0.2) is 17.4 Å². The molecule has 0 fully saturated rings. The van der Waals surface area contributed by atoms with Gasteiger partial charge in [-0.1, -0.05) is 0 Å². The summed E-state index contributed by atoms with van der Waals surface area (Å²) < 4.78 is 0.520. The Morgan fingerprint density at radius 1 is 1.50 bits per heavy atom. The van der Waals surface area contributed by atoms with Crippen LogP contribution in [0.4, 0.5) is 5.82 Å². The fraction of sp³-hybridized carbons (Fsp3) is 0.250. The molecule has 0 aliphatic carbocycles. The minimum atomic E-state index is -0.164. The van der Waals surface area contributed by atoms with E-state index in [0.29, 0.717) is 15.2 Å². The first-order valence-electron chi connectivity index (χ1n) is 4.53. The third-order valence-electron chi connectivity index (χ3n) is 1.99. The Labute approximate surface area is 104 Å². The molecule has 0 aliphatic heterocycles. The van der Waals surface area contributed by atoms with Gasteiger partial charge in [0.1, 0.15) is 21.5 Å². The summed E-state index contributed by atoms with van der Waals surface area (Å²) in [5.74, 6) is 1.23. The van der Waals surface area contributed by atoms with Gasteiger partial charge in [-0.3, -0.25) is 9.89 Å². The molecule has 3 N–H and O–H groups in total. The van der Waals surface area contributed by atoms with Crippen molar-refractivity contribution in [3.8, 4) is 0 Å². The summed E-state index contributed by atoms with van der Waals surface area (Å²) in [6, 6.07) is -0.0923. The van der Waals surface area contributed by atoms with Crippen LogP contribution in [0.5, 0.6) is 0 Å². The highest BCUT2D eigenvalue weighted by Gasteiger charge is 2.12. The van der Waals surface area contributed by atoms with Crippen molar-refractivity contribution in [2.75, 3.05) is 5.32 Å². The van der Waals surface area contributed by atoms with E-state index in [4.69, 9.17) is 0 Å². The van der Waals surface area contributed by atoms with Crippen molar-refractivity contribution in [1.82, 2.24) is 25.1 Å². The monoisotopic (exact) mass is 332 g/mol. The number of hydrogen-bond donors (Lipinski definition) is 3. The van der Waals surface area contributed by atoms with Gasteiger partial charge in [0, 0.05) is 0 Å². The van der Waals surface area contributed by atoms with Crippen molar-refractivity contribution in [3.05, 3.63) is 32.4 Å². The molecule has 0 bridgehead atoms. The van der Waals surface area contributed by atoms with Crippen molar-refractivity contribution in [2.24, 2.45) is 0 Å². The topological polar surface area (TPSA) is 99.3 Å². The van der Waals surface area contributed by atoms with Crippen LogP contribution in [0, 0.1) is 3.57 Å². The summed E-state index contributed by atoms with van der Waals surface area (Å²) in [6.07, 6.45) is 2.80.